The average Bonchev–Trinajstić information content (AvgIpc) is 3.83. The highest BCUT2D eigenvalue weighted by atomic mass is 19.1. The first-order chi connectivity index (χ1) is 21.2. The second-order valence-electron chi connectivity index (χ2n) is 12.0. The van der Waals surface area contributed by atoms with Crippen molar-refractivity contribution in [3.8, 4) is 23.0 Å². The van der Waals surface area contributed by atoms with Gasteiger partial charge in [0.1, 0.15) is 41.5 Å². The molecule has 9 nitrogen and oxygen atoms in total. The van der Waals surface area contributed by atoms with Gasteiger partial charge >= 0.3 is 6.01 Å². The van der Waals surface area contributed by atoms with E-state index in [1.807, 2.05) is 18.7 Å². The molecule has 2 aromatic heterocycles. The molecule has 3 heterocycles. The lowest BCUT2D eigenvalue weighted by molar-refractivity contribution is -0.113. The minimum absolute atomic E-state index is 0.00630. The molecule has 2 aromatic carbocycles. The van der Waals surface area contributed by atoms with E-state index in [9.17, 15) is 4.79 Å². The van der Waals surface area contributed by atoms with Crippen LogP contribution in [0, 0.1) is 17.0 Å². The Labute approximate surface area is 254 Å². The van der Waals surface area contributed by atoms with Crippen molar-refractivity contribution in [2.45, 2.75) is 51.6 Å². The van der Waals surface area contributed by atoms with E-state index in [-0.39, 0.29) is 36.4 Å². The monoisotopic (exact) mass is 606 g/mol. The van der Waals surface area contributed by atoms with E-state index in [1.54, 1.807) is 31.5 Å². The Morgan fingerprint density at radius 1 is 1.09 bits per heavy atom. The van der Waals surface area contributed by atoms with Crippen LogP contribution in [0.1, 0.15) is 45.1 Å². The molecule has 0 spiro atoms. The highest BCUT2D eigenvalue weighted by Gasteiger charge is 2.44. The van der Waals surface area contributed by atoms with Crippen LogP contribution >= 0.6 is 0 Å². The van der Waals surface area contributed by atoms with E-state index in [0.717, 1.165) is 32.0 Å². The van der Waals surface area contributed by atoms with Crippen LogP contribution in [0.15, 0.2) is 30.5 Å². The third-order valence-corrected chi connectivity index (χ3v) is 8.82. The standard InChI is InChI=1S/C33H36F2N4O5/c1-5-22-25(34)8-7-20-13-21(44-19-41-3)14-23(26(20)22)28-27(35)29-24(15-36-28)30(39-12-6-9-32(2,16-39)42-4)38-31(37-29)43-18-33(17-40)10-11-33/h7-8,13-15,17H,5-6,9-12,16,18-19H2,1-4H3/t32-/m1/s1. The quantitative estimate of drug-likeness (QED) is 0.150. The number of fused-ring (bicyclic) bond motifs is 2. The van der Waals surface area contributed by atoms with Crippen molar-refractivity contribution in [1.29, 1.82) is 0 Å². The third kappa shape index (κ3) is 5.54. The molecule has 1 saturated carbocycles. The van der Waals surface area contributed by atoms with Gasteiger partial charge in [0.05, 0.1) is 16.4 Å². The number of aryl methyl sites for hydroxylation is 1. The zero-order chi connectivity index (χ0) is 31.1. The van der Waals surface area contributed by atoms with E-state index in [0.29, 0.717) is 58.4 Å². The molecular weight excluding hydrogens is 570 g/mol. The second-order valence-corrected chi connectivity index (χ2v) is 12.0. The van der Waals surface area contributed by atoms with Crippen molar-refractivity contribution in [1.82, 2.24) is 15.0 Å². The first-order valence-corrected chi connectivity index (χ1v) is 14.9. The maximum absolute atomic E-state index is 16.8. The number of rotatable bonds is 11. The molecule has 1 atom stereocenters. The van der Waals surface area contributed by atoms with Gasteiger partial charge in [-0.25, -0.2) is 8.78 Å². The van der Waals surface area contributed by atoms with Crippen molar-refractivity contribution in [3.63, 3.8) is 0 Å². The molecular formula is C33H36F2N4O5. The third-order valence-electron chi connectivity index (χ3n) is 8.82. The van der Waals surface area contributed by atoms with Crippen LogP contribution in [0.3, 0.4) is 0 Å². The predicted molar refractivity (Wildman–Crippen MR) is 162 cm³/mol. The maximum atomic E-state index is 16.8. The number of carbonyl (C=O) groups excluding carboxylic acids is 1. The van der Waals surface area contributed by atoms with Gasteiger partial charge in [-0.3, -0.25) is 4.98 Å². The Morgan fingerprint density at radius 2 is 1.91 bits per heavy atom. The van der Waals surface area contributed by atoms with Gasteiger partial charge in [-0.15, -0.1) is 0 Å². The van der Waals surface area contributed by atoms with Gasteiger partial charge in [-0.1, -0.05) is 13.0 Å². The van der Waals surface area contributed by atoms with Crippen LogP contribution in [0.4, 0.5) is 14.6 Å². The Kier molecular flexibility index (Phi) is 8.10. The maximum Gasteiger partial charge on any atom is 0.319 e. The van der Waals surface area contributed by atoms with E-state index < -0.39 is 16.8 Å². The normalized spacial score (nSPS) is 19.4. The summed E-state index contributed by atoms with van der Waals surface area (Å²) in [7, 11) is 3.19. The summed E-state index contributed by atoms with van der Waals surface area (Å²) >= 11 is 0. The van der Waals surface area contributed by atoms with Crippen molar-refractivity contribution in [2.24, 2.45) is 5.41 Å². The Balaban J connectivity index is 1.55. The highest BCUT2D eigenvalue weighted by Crippen LogP contribution is 2.44. The molecule has 0 radical (unpaired) electrons. The van der Waals surface area contributed by atoms with Crippen molar-refractivity contribution < 1.29 is 32.5 Å². The Morgan fingerprint density at radius 3 is 2.61 bits per heavy atom. The largest absolute Gasteiger partial charge is 0.468 e. The van der Waals surface area contributed by atoms with Crippen molar-refractivity contribution >= 4 is 33.8 Å². The topological polar surface area (TPSA) is 95.9 Å². The van der Waals surface area contributed by atoms with Crippen molar-refractivity contribution in [3.05, 3.63) is 47.7 Å². The molecule has 232 valence electrons. The minimum atomic E-state index is -0.699. The molecule has 1 aliphatic heterocycles. The second kappa shape index (κ2) is 11.9. The average molecular weight is 607 g/mol. The number of halogens is 2. The number of pyridine rings is 1. The lowest BCUT2D eigenvalue weighted by Crippen LogP contribution is -2.47. The van der Waals surface area contributed by atoms with Crippen LogP contribution in [0.25, 0.3) is 32.9 Å². The summed E-state index contributed by atoms with van der Waals surface area (Å²) in [6.07, 6.45) is 6.01. The number of aldehydes is 1. The van der Waals surface area contributed by atoms with E-state index in [1.165, 1.54) is 13.2 Å². The van der Waals surface area contributed by atoms with Crippen molar-refractivity contribution in [2.75, 3.05) is 45.6 Å². The molecule has 0 unspecified atom stereocenters. The number of aromatic nitrogens is 3. The summed E-state index contributed by atoms with van der Waals surface area (Å²) in [4.78, 5) is 27.5. The number of hydrogen-bond acceptors (Lipinski definition) is 9. The summed E-state index contributed by atoms with van der Waals surface area (Å²) in [6.45, 7) is 5.18. The molecule has 1 saturated heterocycles. The highest BCUT2D eigenvalue weighted by molar-refractivity contribution is 6.01. The fourth-order valence-electron chi connectivity index (χ4n) is 5.96. The number of nitrogens with zero attached hydrogens (tertiary/aromatic N) is 4. The Hall–Kier alpha value is -3.96. The number of anilines is 1. The van der Waals surface area contributed by atoms with Crippen LogP contribution in [-0.4, -0.2) is 67.5 Å². The molecule has 2 aliphatic rings. The minimum Gasteiger partial charge on any atom is -0.468 e. The zero-order valence-corrected chi connectivity index (χ0v) is 25.4. The lowest BCUT2D eigenvalue weighted by Gasteiger charge is -2.40. The summed E-state index contributed by atoms with van der Waals surface area (Å²) in [5, 5.41) is 1.63. The number of piperidine rings is 1. The molecule has 1 aliphatic carbocycles. The number of benzene rings is 2. The first-order valence-electron chi connectivity index (χ1n) is 14.9. The van der Waals surface area contributed by atoms with Gasteiger partial charge < -0.3 is 28.6 Å². The summed E-state index contributed by atoms with van der Waals surface area (Å²) < 4.78 is 54.4. The summed E-state index contributed by atoms with van der Waals surface area (Å²) in [6, 6.07) is 6.43. The van der Waals surface area contributed by atoms with E-state index in [4.69, 9.17) is 23.9 Å². The van der Waals surface area contributed by atoms with E-state index >= 15 is 8.78 Å². The van der Waals surface area contributed by atoms with Crippen LogP contribution in [0.2, 0.25) is 0 Å². The molecule has 6 rings (SSSR count). The van der Waals surface area contributed by atoms with Gasteiger partial charge in [0.2, 0.25) is 0 Å². The van der Waals surface area contributed by atoms with Gasteiger partial charge in [-0.2, -0.15) is 9.97 Å². The Bertz CT molecular complexity index is 1730. The smallest absolute Gasteiger partial charge is 0.319 e. The van der Waals surface area contributed by atoms with Crippen LogP contribution < -0.4 is 14.4 Å². The summed E-state index contributed by atoms with van der Waals surface area (Å²) in [5.74, 6) is -0.184. The molecule has 11 heteroatoms. The number of hydrogen-bond donors (Lipinski definition) is 0. The van der Waals surface area contributed by atoms with E-state index in [2.05, 4.69) is 9.97 Å². The fourth-order valence-corrected chi connectivity index (χ4v) is 5.96. The molecule has 0 amide bonds. The molecule has 2 fully saturated rings. The van der Waals surface area contributed by atoms with Gasteiger partial charge in [0, 0.05) is 39.1 Å². The molecule has 0 bridgehead atoms. The van der Waals surface area contributed by atoms with Gasteiger partial charge in [0.25, 0.3) is 0 Å². The van der Waals surface area contributed by atoms with Gasteiger partial charge in [-0.05, 0) is 73.6 Å². The molecule has 44 heavy (non-hydrogen) atoms. The lowest BCUT2D eigenvalue weighted by atomic mass is 9.94. The fraction of sp³-hybridized carbons (Fsp3) is 0.455. The predicted octanol–water partition coefficient (Wildman–Crippen LogP) is 6.03. The molecule has 4 aromatic rings. The summed E-state index contributed by atoms with van der Waals surface area (Å²) in [5.41, 5.74) is -0.146. The number of carbonyl (C=O) groups is 1. The van der Waals surface area contributed by atoms with Crippen LogP contribution in [0.5, 0.6) is 11.8 Å². The van der Waals surface area contributed by atoms with Gasteiger partial charge in [0.15, 0.2) is 12.6 Å². The van der Waals surface area contributed by atoms with Crippen LogP contribution in [-0.2, 0) is 20.7 Å². The molecule has 0 N–H and O–H groups in total. The SMILES string of the molecule is CCc1c(F)ccc2cc(OCOC)cc(-c3ncc4c(N5CCC[C@@](C)(OC)C5)nc(OCC5(C=O)CC5)nc4c3F)c12. The first kappa shape index (κ1) is 30.1. The zero-order valence-electron chi connectivity index (χ0n) is 25.4. The number of methoxy groups -OCH3 is 2. The number of ether oxygens (including phenoxy) is 4.